The lowest BCUT2D eigenvalue weighted by Crippen LogP contribution is -2.34. The molecule has 28 heavy (non-hydrogen) atoms. The van der Waals surface area contributed by atoms with Crippen LogP contribution in [0.4, 0.5) is 8.78 Å². The molecule has 6 nitrogen and oxygen atoms in total. The maximum Gasteiger partial charge on any atom is 0.267 e. The molecule has 1 atom stereocenters. The van der Waals surface area contributed by atoms with Gasteiger partial charge in [0.05, 0.1) is 18.1 Å². The van der Waals surface area contributed by atoms with Crippen LogP contribution in [-0.2, 0) is 6.54 Å². The van der Waals surface area contributed by atoms with Crippen molar-refractivity contribution in [1.82, 2.24) is 24.6 Å². The van der Waals surface area contributed by atoms with Gasteiger partial charge in [-0.15, -0.1) is 10.2 Å². The van der Waals surface area contributed by atoms with E-state index in [4.69, 9.17) is 0 Å². The Morgan fingerprint density at radius 1 is 1.25 bits per heavy atom. The molecule has 0 N–H and O–H groups in total. The van der Waals surface area contributed by atoms with Gasteiger partial charge in [-0.3, -0.25) is 9.78 Å². The molecule has 1 saturated carbocycles. The molecular formula is C20H19F2N5O. The molecule has 0 spiro atoms. The van der Waals surface area contributed by atoms with Gasteiger partial charge in [0.2, 0.25) is 0 Å². The molecule has 144 valence electrons. The fourth-order valence-electron chi connectivity index (χ4n) is 3.88. The first-order valence-electron chi connectivity index (χ1n) is 9.41. The summed E-state index contributed by atoms with van der Waals surface area (Å²) in [6.07, 6.45) is 5.08. The summed E-state index contributed by atoms with van der Waals surface area (Å²) in [6, 6.07) is 7.92. The van der Waals surface area contributed by atoms with Crippen molar-refractivity contribution in [2.75, 3.05) is 6.54 Å². The minimum Gasteiger partial charge on any atom is -0.322 e. The van der Waals surface area contributed by atoms with Crippen LogP contribution < -0.4 is 0 Å². The molecule has 2 aliphatic rings. The van der Waals surface area contributed by atoms with Gasteiger partial charge in [-0.1, -0.05) is 6.07 Å². The predicted octanol–water partition coefficient (Wildman–Crippen LogP) is 3.46. The van der Waals surface area contributed by atoms with Crippen LogP contribution in [0.25, 0.3) is 10.9 Å². The van der Waals surface area contributed by atoms with Gasteiger partial charge in [-0.05, 0) is 43.0 Å². The lowest BCUT2D eigenvalue weighted by atomic mass is 10.1. The third-order valence-electron chi connectivity index (χ3n) is 5.48. The van der Waals surface area contributed by atoms with E-state index in [0.29, 0.717) is 23.9 Å². The third kappa shape index (κ3) is 3.12. The topological polar surface area (TPSA) is 63.9 Å². The number of benzene rings is 1. The Morgan fingerprint density at radius 3 is 2.93 bits per heavy atom. The number of likely N-dealkylation sites (tertiary alicyclic amines) is 1. The zero-order valence-electron chi connectivity index (χ0n) is 15.1. The monoisotopic (exact) mass is 383 g/mol. The maximum absolute atomic E-state index is 14.3. The second-order valence-electron chi connectivity index (χ2n) is 7.70. The smallest absolute Gasteiger partial charge is 0.267 e. The summed E-state index contributed by atoms with van der Waals surface area (Å²) in [5.74, 6) is -2.38. The molecule has 0 radical (unpaired) electrons. The Hall–Kier alpha value is -2.90. The quantitative estimate of drug-likeness (QED) is 0.692. The van der Waals surface area contributed by atoms with Gasteiger partial charge in [0.15, 0.2) is 5.82 Å². The maximum atomic E-state index is 14.3. The number of carbonyl (C=O) groups excluding carboxylic acids is 1. The summed E-state index contributed by atoms with van der Waals surface area (Å²) >= 11 is 0. The van der Waals surface area contributed by atoms with Crippen molar-refractivity contribution in [1.29, 1.82) is 0 Å². The standard InChI is InChI=1S/C20H19F2N5O/c21-20(22)9-17(18-25-24-12-26(18)10-13-3-4-13)27(11-20)19(28)15-5-6-16-14(8-15)2-1-7-23-16/h1-2,5-8,12-13,17H,3-4,9-11H2/t17-/m0/s1. The minimum absolute atomic E-state index is 0.372. The van der Waals surface area contributed by atoms with Crippen LogP contribution in [0.2, 0.25) is 0 Å². The summed E-state index contributed by atoms with van der Waals surface area (Å²) < 4.78 is 30.4. The molecule has 1 aliphatic heterocycles. The first-order chi connectivity index (χ1) is 13.5. The van der Waals surface area contributed by atoms with Crippen molar-refractivity contribution in [3.63, 3.8) is 0 Å². The van der Waals surface area contributed by atoms with E-state index in [0.717, 1.165) is 23.7 Å². The first kappa shape index (κ1) is 17.2. The molecule has 0 unspecified atom stereocenters. The van der Waals surface area contributed by atoms with Gasteiger partial charge in [0.1, 0.15) is 6.33 Å². The Kier molecular flexibility index (Phi) is 3.89. The molecule has 2 fully saturated rings. The van der Waals surface area contributed by atoms with Crippen LogP contribution in [0.1, 0.15) is 41.5 Å². The molecule has 3 aromatic rings. The highest BCUT2D eigenvalue weighted by Crippen LogP contribution is 2.42. The van der Waals surface area contributed by atoms with E-state index in [1.54, 1.807) is 36.8 Å². The largest absolute Gasteiger partial charge is 0.322 e. The van der Waals surface area contributed by atoms with Crippen molar-refractivity contribution in [2.24, 2.45) is 5.92 Å². The lowest BCUT2D eigenvalue weighted by Gasteiger charge is -2.24. The highest BCUT2D eigenvalue weighted by molar-refractivity contribution is 5.98. The number of amides is 1. The van der Waals surface area contributed by atoms with Crippen molar-refractivity contribution in [2.45, 2.75) is 37.8 Å². The summed E-state index contributed by atoms with van der Waals surface area (Å²) in [4.78, 5) is 18.6. The summed E-state index contributed by atoms with van der Waals surface area (Å²) in [5.41, 5.74) is 1.13. The SMILES string of the molecule is O=C(c1ccc2ncccc2c1)N1CC(F)(F)C[C@H]1c1nncn1CC1CC1. The number of pyridine rings is 1. The minimum atomic E-state index is -2.95. The number of fused-ring (bicyclic) bond motifs is 1. The van der Waals surface area contributed by atoms with Crippen LogP contribution in [-0.4, -0.2) is 43.0 Å². The van der Waals surface area contributed by atoms with Crippen LogP contribution in [0.15, 0.2) is 42.9 Å². The molecule has 1 aromatic carbocycles. The zero-order valence-corrected chi connectivity index (χ0v) is 15.1. The highest BCUT2D eigenvalue weighted by Gasteiger charge is 2.49. The van der Waals surface area contributed by atoms with E-state index in [2.05, 4.69) is 15.2 Å². The second kappa shape index (κ2) is 6.32. The first-order valence-corrected chi connectivity index (χ1v) is 9.41. The van der Waals surface area contributed by atoms with Crippen LogP contribution in [0, 0.1) is 5.92 Å². The van der Waals surface area contributed by atoms with Gasteiger partial charge in [-0.2, -0.15) is 0 Å². The van der Waals surface area contributed by atoms with E-state index in [-0.39, 0.29) is 0 Å². The molecule has 5 rings (SSSR count). The molecule has 1 saturated heterocycles. The van der Waals surface area contributed by atoms with Gasteiger partial charge >= 0.3 is 0 Å². The zero-order chi connectivity index (χ0) is 19.3. The van der Waals surface area contributed by atoms with Gasteiger partial charge < -0.3 is 9.47 Å². The van der Waals surface area contributed by atoms with Crippen molar-refractivity contribution >= 4 is 16.8 Å². The van der Waals surface area contributed by atoms with Gasteiger partial charge in [0.25, 0.3) is 11.8 Å². The summed E-state index contributed by atoms with van der Waals surface area (Å²) in [6.45, 7) is 0.103. The number of rotatable bonds is 4. The van der Waals surface area contributed by atoms with Crippen molar-refractivity contribution in [3.8, 4) is 0 Å². The summed E-state index contributed by atoms with van der Waals surface area (Å²) in [5, 5.41) is 8.82. The number of hydrogen-bond acceptors (Lipinski definition) is 4. The van der Waals surface area contributed by atoms with Crippen molar-refractivity contribution in [3.05, 3.63) is 54.2 Å². The summed E-state index contributed by atoms with van der Waals surface area (Å²) in [7, 11) is 0. The van der Waals surface area contributed by atoms with E-state index in [1.807, 2.05) is 10.6 Å². The van der Waals surface area contributed by atoms with Gasteiger partial charge in [0, 0.05) is 30.1 Å². The Bertz CT molecular complexity index is 1050. The molecule has 1 aliphatic carbocycles. The van der Waals surface area contributed by atoms with E-state index in [1.165, 1.54) is 4.90 Å². The Morgan fingerprint density at radius 2 is 2.11 bits per heavy atom. The number of carbonyl (C=O) groups is 1. The number of halogens is 2. The molecule has 1 amide bonds. The van der Waals surface area contributed by atoms with E-state index >= 15 is 0 Å². The second-order valence-corrected chi connectivity index (χ2v) is 7.70. The predicted molar refractivity (Wildman–Crippen MR) is 97.8 cm³/mol. The van der Waals surface area contributed by atoms with Crippen molar-refractivity contribution < 1.29 is 13.6 Å². The highest BCUT2D eigenvalue weighted by atomic mass is 19.3. The number of aromatic nitrogens is 4. The normalized spacial score (nSPS) is 21.4. The molecule has 0 bridgehead atoms. The molecule has 3 heterocycles. The Labute approximate surface area is 160 Å². The third-order valence-corrected chi connectivity index (χ3v) is 5.48. The average molecular weight is 383 g/mol. The fourth-order valence-corrected chi connectivity index (χ4v) is 3.88. The number of nitrogens with zero attached hydrogens (tertiary/aromatic N) is 5. The lowest BCUT2D eigenvalue weighted by molar-refractivity contribution is 0.0117. The number of alkyl halides is 2. The van der Waals surface area contributed by atoms with Gasteiger partial charge in [-0.25, -0.2) is 8.78 Å². The Balaban J connectivity index is 1.49. The fraction of sp³-hybridized carbons (Fsp3) is 0.400. The van der Waals surface area contributed by atoms with E-state index < -0.39 is 30.8 Å². The van der Waals surface area contributed by atoms with Crippen LogP contribution >= 0.6 is 0 Å². The van der Waals surface area contributed by atoms with Crippen LogP contribution in [0.3, 0.4) is 0 Å². The molecule has 8 heteroatoms. The van der Waals surface area contributed by atoms with Crippen LogP contribution in [0.5, 0.6) is 0 Å². The average Bonchev–Trinajstić information content (AvgIpc) is 3.28. The van der Waals surface area contributed by atoms with E-state index in [9.17, 15) is 13.6 Å². The number of hydrogen-bond donors (Lipinski definition) is 0. The molecular weight excluding hydrogens is 364 g/mol. The molecule has 2 aromatic heterocycles.